The SMILES string of the molecule is COc1cccc2c(N3CC[C@@H](C)[C@H](c4cc(C(F)F)nc5ncnn45)C3)nccc12. The molecule has 1 aliphatic heterocycles. The van der Waals surface area contributed by atoms with Gasteiger partial charge >= 0.3 is 0 Å². The summed E-state index contributed by atoms with van der Waals surface area (Å²) >= 11 is 0. The number of halogens is 2. The van der Waals surface area contributed by atoms with Gasteiger partial charge in [-0.05, 0) is 30.5 Å². The Bertz CT molecular complexity index is 1240. The van der Waals surface area contributed by atoms with Crippen molar-refractivity contribution in [2.45, 2.75) is 25.7 Å². The normalized spacial score (nSPS) is 19.5. The first-order chi connectivity index (χ1) is 15.1. The maximum atomic E-state index is 13.5. The third-order valence-corrected chi connectivity index (χ3v) is 6.13. The van der Waals surface area contributed by atoms with Crippen LogP contribution >= 0.6 is 0 Å². The molecule has 4 heterocycles. The first-order valence-electron chi connectivity index (χ1n) is 10.2. The van der Waals surface area contributed by atoms with Crippen molar-refractivity contribution in [3.05, 3.63) is 54.2 Å². The number of alkyl halides is 2. The molecule has 0 saturated carbocycles. The summed E-state index contributed by atoms with van der Waals surface area (Å²) < 4.78 is 34.1. The largest absolute Gasteiger partial charge is 0.496 e. The van der Waals surface area contributed by atoms with Crippen LogP contribution in [0.25, 0.3) is 16.6 Å². The zero-order valence-corrected chi connectivity index (χ0v) is 17.2. The van der Waals surface area contributed by atoms with Crippen molar-refractivity contribution < 1.29 is 13.5 Å². The lowest BCUT2D eigenvalue weighted by Gasteiger charge is -2.38. The summed E-state index contributed by atoms with van der Waals surface area (Å²) in [6.07, 6.45) is 1.37. The molecule has 0 unspecified atom stereocenters. The maximum Gasteiger partial charge on any atom is 0.280 e. The van der Waals surface area contributed by atoms with E-state index in [1.54, 1.807) is 17.8 Å². The lowest BCUT2D eigenvalue weighted by Crippen LogP contribution is -2.39. The molecule has 4 aromatic rings. The third kappa shape index (κ3) is 3.34. The Kier molecular flexibility index (Phi) is 4.88. The number of benzene rings is 1. The highest BCUT2D eigenvalue weighted by Crippen LogP contribution is 2.38. The van der Waals surface area contributed by atoms with Crippen LogP contribution in [0.1, 0.15) is 37.1 Å². The molecule has 31 heavy (non-hydrogen) atoms. The summed E-state index contributed by atoms with van der Waals surface area (Å²) in [5.74, 6) is 2.11. The monoisotopic (exact) mass is 424 g/mol. The Morgan fingerprint density at radius 1 is 1.16 bits per heavy atom. The fourth-order valence-corrected chi connectivity index (χ4v) is 4.47. The van der Waals surface area contributed by atoms with Gasteiger partial charge in [-0.2, -0.15) is 10.1 Å². The fraction of sp³-hybridized carbons (Fsp3) is 0.364. The molecule has 5 rings (SSSR count). The number of piperidine rings is 1. The van der Waals surface area contributed by atoms with Gasteiger partial charge in [-0.3, -0.25) is 0 Å². The predicted molar refractivity (Wildman–Crippen MR) is 113 cm³/mol. The van der Waals surface area contributed by atoms with Crippen LogP contribution in [0.5, 0.6) is 5.75 Å². The number of ether oxygens (including phenoxy) is 1. The molecular weight excluding hydrogens is 402 g/mol. The van der Waals surface area contributed by atoms with Crippen LogP contribution in [0, 0.1) is 5.92 Å². The van der Waals surface area contributed by atoms with E-state index in [0.717, 1.165) is 35.3 Å². The number of hydrogen-bond donors (Lipinski definition) is 0. The average molecular weight is 424 g/mol. The van der Waals surface area contributed by atoms with E-state index in [2.05, 4.69) is 31.9 Å². The molecule has 0 spiro atoms. The van der Waals surface area contributed by atoms with E-state index in [1.165, 1.54) is 12.4 Å². The molecule has 1 fully saturated rings. The molecule has 2 atom stereocenters. The first-order valence-corrected chi connectivity index (χ1v) is 10.2. The summed E-state index contributed by atoms with van der Waals surface area (Å²) in [6, 6.07) is 9.32. The quantitative estimate of drug-likeness (QED) is 0.488. The van der Waals surface area contributed by atoms with E-state index in [0.29, 0.717) is 12.2 Å². The Balaban J connectivity index is 1.58. The number of aromatic nitrogens is 5. The number of fused-ring (bicyclic) bond motifs is 2. The average Bonchev–Trinajstić information content (AvgIpc) is 3.27. The molecule has 0 bridgehead atoms. The number of methoxy groups -OCH3 is 1. The van der Waals surface area contributed by atoms with E-state index < -0.39 is 6.43 Å². The highest BCUT2D eigenvalue weighted by atomic mass is 19.3. The molecule has 0 aliphatic carbocycles. The van der Waals surface area contributed by atoms with Crippen LogP contribution in [-0.4, -0.2) is 44.8 Å². The number of pyridine rings is 1. The summed E-state index contributed by atoms with van der Waals surface area (Å²) in [6.45, 7) is 3.60. The molecule has 1 aliphatic rings. The molecule has 160 valence electrons. The van der Waals surface area contributed by atoms with Crippen molar-refractivity contribution >= 4 is 22.4 Å². The van der Waals surface area contributed by atoms with Crippen LogP contribution in [0.3, 0.4) is 0 Å². The van der Waals surface area contributed by atoms with Crippen molar-refractivity contribution in [2.75, 3.05) is 25.1 Å². The van der Waals surface area contributed by atoms with Gasteiger partial charge in [-0.15, -0.1) is 0 Å². The second kappa shape index (κ2) is 7.72. The van der Waals surface area contributed by atoms with Crippen molar-refractivity contribution in [2.24, 2.45) is 5.92 Å². The molecule has 9 heteroatoms. The highest BCUT2D eigenvalue weighted by Gasteiger charge is 2.32. The smallest absolute Gasteiger partial charge is 0.280 e. The molecule has 3 aromatic heterocycles. The first kappa shape index (κ1) is 19.6. The summed E-state index contributed by atoms with van der Waals surface area (Å²) in [5.41, 5.74) is 0.431. The van der Waals surface area contributed by atoms with Gasteiger partial charge in [0.25, 0.3) is 12.2 Å². The summed E-state index contributed by atoms with van der Waals surface area (Å²) in [5, 5.41) is 6.24. The second-order valence-corrected chi connectivity index (χ2v) is 7.89. The fourth-order valence-electron chi connectivity index (χ4n) is 4.47. The van der Waals surface area contributed by atoms with Crippen LogP contribution in [0.2, 0.25) is 0 Å². The van der Waals surface area contributed by atoms with Crippen molar-refractivity contribution in [1.82, 2.24) is 24.6 Å². The van der Waals surface area contributed by atoms with Gasteiger partial charge in [-0.25, -0.2) is 23.3 Å². The van der Waals surface area contributed by atoms with Gasteiger partial charge in [-0.1, -0.05) is 19.1 Å². The minimum Gasteiger partial charge on any atom is -0.496 e. The Labute approximate surface area is 177 Å². The lowest BCUT2D eigenvalue weighted by atomic mass is 9.84. The van der Waals surface area contributed by atoms with E-state index in [1.807, 2.05) is 24.3 Å². The van der Waals surface area contributed by atoms with E-state index in [-0.39, 0.29) is 23.3 Å². The predicted octanol–water partition coefficient (Wildman–Crippen LogP) is 4.25. The molecule has 7 nitrogen and oxygen atoms in total. The van der Waals surface area contributed by atoms with Gasteiger partial charge < -0.3 is 9.64 Å². The number of nitrogens with zero attached hydrogens (tertiary/aromatic N) is 6. The third-order valence-electron chi connectivity index (χ3n) is 6.13. The van der Waals surface area contributed by atoms with Crippen LogP contribution in [0.4, 0.5) is 14.6 Å². The molecule has 0 radical (unpaired) electrons. The van der Waals surface area contributed by atoms with Crippen molar-refractivity contribution in [3.63, 3.8) is 0 Å². The van der Waals surface area contributed by atoms with Gasteiger partial charge in [0.2, 0.25) is 0 Å². The standard InChI is InChI=1S/C22H22F2N6O/c1-13-7-9-29(21-15-4-3-5-19(31-2)14(15)6-8-25-21)11-16(13)18-10-17(20(23)24)28-22-26-12-27-30(18)22/h3-6,8,10,12-13,16,20H,7,9,11H2,1-2H3/t13-,16-/m1/s1. The maximum absolute atomic E-state index is 13.5. The minimum absolute atomic E-state index is 0.0267. The molecule has 0 N–H and O–H groups in total. The summed E-state index contributed by atoms with van der Waals surface area (Å²) in [4.78, 5) is 14.9. The van der Waals surface area contributed by atoms with Crippen molar-refractivity contribution in [3.8, 4) is 5.75 Å². The Morgan fingerprint density at radius 3 is 2.84 bits per heavy atom. The van der Waals surface area contributed by atoms with Crippen LogP contribution in [0.15, 0.2) is 42.9 Å². The van der Waals surface area contributed by atoms with Crippen LogP contribution < -0.4 is 9.64 Å². The minimum atomic E-state index is -2.66. The van der Waals surface area contributed by atoms with E-state index >= 15 is 0 Å². The topological polar surface area (TPSA) is 68.4 Å². The Hall–Kier alpha value is -3.36. The van der Waals surface area contributed by atoms with E-state index in [4.69, 9.17) is 4.74 Å². The van der Waals surface area contributed by atoms with Crippen LogP contribution in [-0.2, 0) is 0 Å². The van der Waals surface area contributed by atoms with Gasteiger partial charge in [0, 0.05) is 36.0 Å². The van der Waals surface area contributed by atoms with Crippen molar-refractivity contribution in [1.29, 1.82) is 0 Å². The zero-order chi connectivity index (χ0) is 21.5. The van der Waals surface area contributed by atoms with Gasteiger partial charge in [0.15, 0.2) is 0 Å². The van der Waals surface area contributed by atoms with Gasteiger partial charge in [0.05, 0.1) is 12.8 Å². The highest BCUT2D eigenvalue weighted by molar-refractivity contribution is 5.96. The second-order valence-electron chi connectivity index (χ2n) is 7.89. The molecule has 1 aromatic carbocycles. The molecule has 0 amide bonds. The number of hydrogen-bond acceptors (Lipinski definition) is 6. The number of anilines is 1. The van der Waals surface area contributed by atoms with Gasteiger partial charge in [0.1, 0.15) is 23.6 Å². The lowest BCUT2D eigenvalue weighted by molar-refractivity contribution is 0.146. The van der Waals surface area contributed by atoms with E-state index in [9.17, 15) is 8.78 Å². The number of rotatable bonds is 4. The zero-order valence-electron chi connectivity index (χ0n) is 17.2. The Morgan fingerprint density at radius 2 is 2.03 bits per heavy atom. The summed E-state index contributed by atoms with van der Waals surface area (Å²) in [7, 11) is 1.65. The molecular formula is C22H22F2N6O. The molecule has 1 saturated heterocycles.